The SMILES string of the molecule is C=C(CCC(C)C1CCC2C3CCC4C[C@@H](O)C[C@H](O)[C@]4(C)C3[C@H](O)C[C@]12COC(C)=O)C(C)C. The summed E-state index contributed by atoms with van der Waals surface area (Å²) in [7, 11) is 0. The van der Waals surface area contributed by atoms with Crippen molar-refractivity contribution in [3.8, 4) is 0 Å². The van der Waals surface area contributed by atoms with Crippen molar-refractivity contribution >= 4 is 5.97 Å². The van der Waals surface area contributed by atoms with Gasteiger partial charge in [-0.3, -0.25) is 4.79 Å². The summed E-state index contributed by atoms with van der Waals surface area (Å²) in [5.41, 5.74) is 0.727. The highest BCUT2D eigenvalue weighted by molar-refractivity contribution is 5.65. The largest absolute Gasteiger partial charge is 0.465 e. The molecule has 11 atom stereocenters. The van der Waals surface area contributed by atoms with Crippen molar-refractivity contribution < 1.29 is 24.9 Å². The number of aliphatic hydroxyl groups excluding tert-OH is 3. The van der Waals surface area contributed by atoms with Gasteiger partial charge in [-0.1, -0.05) is 39.8 Å². The molecule has 0 aromatic heterocycles. The molecule has 6 unspecified atom stereocenters. The first-order chi connectivity index (χ1) is 16.4. The Balaban J connectivity index is 1.63. The van der Waals surface area contributed by atoms with Crippen LogP contribution >= 0.6 is 0 Å². The van der Waals surface area contributed by atoms with Crippen molar-refractivity contribution in [2.45, 2.75) is 111 Å². The molecular weight excluding hydrogens is 440 g/mol. The molecule has 4 aliphatic carbocycles. The lowest BCUT2D eigenvalue weighted by Crippen LogP contribution is -2.64. The fraction of sp³-hybridized carbons (Fsp3) is 0.900. The van der Waals surface area contributed by atoms with E-state index in [-0.39, 0.29) is 28.6 Å². The molecule has 4 aliphatic rings. The van der Waals surface area contributed by atoms with Crippen LogP contribution in [-0.4, -0.2) is 46.2 Å². The van der Waals surface area contributed by atoms with Crippen LogP contribution < -0.4 is 0 Å². The number of hydrogen-bond donors (Lipinski definition) is 3. The molecule has 0 aliphatic heterocycles. The van der Waals surface area contributed by atoms with Gasteiger partial charge in [0, 0.05) is 17.8 Å². The molecule has 4 fully saturated rings. The molecule has 3 N–H and O–H groups in total. The second-order valence-electron chi connectivity index (χ2n) is 13.4. The topological polar surface area (TPSA) is 87.0 Å². The predicted octanol–water partition coefficient (Wildman–Crippen LogP) is 5.12. The van der Waals surface area contributed by atoms with Crippen LogP contribution in [0.3, 0.4) is 0 Å². The molecule has 5 heteroatoms. The Kier molecular flexibility index (Phi) is 7.83. The van der Waals surface area contributed by atoms with Crippen molar-refractivity contribution in [1.82, 2.24) is 0 Å². The summed E-state index contributed by atoms with van der Waals surface area (Å²) in [4.78, 5) is 12.0. The van der Waals surface area contributed by atoms with Gasteiger partial charge in [-0.05, 0) is 99.2 Å². The van der Waals surface area contributed by atoms with E-state index in [4.69, 9.17) is 4.74 Å². The summed E-state index contributed by atoms with van der Waals surface area (Å²) in [6.45, 7) is 15.1. The van der Waals surface area contributed by atoms with Crippen LogP contribution in [0, 0.1) is 52.3 Å². The smallest absolute Gasteiger partial charge is 0.302 e. The van der Waals surface area contributed by atoms with Gasteiger partial charge in [-0.25, -0.2) is 0 Å². The lowest BCUT2D eigenvalue weighted by atomic mass is 9.42. The van der Waals surface area contributed by atoms with E-state index < -0.39 is 18.3 Å². The zero-order valence-corrected chi connectivity index (χ0v) is 22.7. The molecule has 35 heavy (non-hydrogen) atoms. The van der Waals surface area contributed by atoms with E-state index in [9.17, 15) is 20.1 Å². The Morgan fingerprint density at radius 2 is 1.80 bits per heavy atom. The number of fused-ring (bicyclic) bond motifs is 5. The van der Waals surface area contributed by atoms with E-state index in [0.29, 0.717) is 49.0 Å². The van der Waals surface area contributed by atoms with E-state index in [1.54, 1.807) is 0 Å². The number of allylic oxidation sites excluding steroid dienone is 1. The standard InChI is InChI=1S/C30H50O5/c1-17(2)18(3)7-8-19(4)24-11-12-25-23-10-9-21-13-22(32)14-27(34)29(21,6)28(23)26(33)15-30(24,25)16-35-20(5)31/h17,19,21-28,32-34H,3,7-16H2,1-2,4-6H3/t19?,21?,22-,23?,24?,25?,26-,27+,28?,29-,30+/m1/s1. The number of carbonyl (C=O) groups excluding carboxylic acids is 1. The second-order valence-corrected chi connectivity index (χ2v) is 13.4. The second kappa shape index (κ2) is 10.1. The highest BCUT2D eigenvalue weighted by atomic mass is 16.5. The third kappa shape index (κ3) is 4.63. The number of carbonyl (C=O) groups is 1. The van der Waals surface area contributed by atoms with E-state index in [1.807, 2.05) is 0 Å². The van der Waals surface area contributed by atoms with Crippen LogP contribution in [0.1, 0.15) is 92.4 Å². The number of ether oxygens (including phenoxy) is 1. The highest BCUT2D eigenvalue weighted by Gasteiger charge is 2.66. The maximum Gasteiger partial charge on any atom is 0.302 e. The minimum Gasteiger partial charge on any atom is -0.465 e. The van der Waals surface area contributed by atoms with Gasteiger partial charge in [0.05, 0.1) is 24.9 Å². The van der Waals surface area contributed by atoms with Crippen LogP contribution in [0.2, 0.25) is 0 Å². The summed E-state index contributed by atoms with van der Waals surface area (Å²) >= 11 is 0. The molecule has 4 rings (SSSR count). The van der Waals surface area contributed by atoms with Gasteiger partial charge in [0.1, 0.15) is 0 Å². The Morgan fingerprint density at radius 3 is 2.46 bits per heavy atom. The van der Waals surface area contributed by atoms with Crippen molar-refractivity contribution in [3.63, 3.8) is 0 Å². The normalized spacial score (nSPS) is 45.9. The molecule has 0 aromatic rings. The molecule has 4 saturated carbocycles. The van der Waals surface area contributed by atoms with Crippen LogP contribution in [0.15, 0.2) is 12.2 Å². The average Bonchev–Trinajstić information content (AvgIpc) is 3.16. The quantitative estimate of drug-likeness (QED) is 0.341. The first-order valence-corrected chi connectivity index (χ1v) is 14.3. The van der Waals surface area contributed by atoms with E-state index in [2.05, 4.69) is 34.3 Å². The zero-order chi connectivity index (χ0) is 25.7. The van der Waals surface area contributed by atoms with Crippen molar-refractivity contribution in [1.29, 1.82) is 0 Å². The van der Waals surface area contributed by atoms with Gasteiger partial charge >= 0.3 is 5.97 Å². The molecular formula is C30H50O5. The number of esters is 1. The molecule has 0 amide bonds. The molecule has 0 spiro atoms. The molecule has 0 radical (unpaired) electrons. The van der Waals surface area contributed by atoms with E-state index in [1.165, 1.54) is 12.5 Å². The summed E-state index contributed by atoms with van der Waals surface area (Å²) in [5, 5.41) is 33.4. The Bertz CT molecular complexity index is 794. The van der Waals surface area contributed by atoms with Crippen LogP contribution in [0.4, 0.5) is 0 Å². The fourth-order valence-electron chi connectivity index (χ4n) is 9.50. The predicted molar refractivity (Wildman–Crippen MR) is 137 cm³/mol. The third-order valence-electron chi connectivity index (χ3n) is 11.4. The number of aliphatic hydroxyl groups is 3. The van der Waals surface area contributed by atoms with Crippen LogP contribution in [0.5, 0.6) is 0 Å². The van der Waals surface area contributed by atoms with E-state index >= 15 is 0 Å². The summed E-state index contributed by atoms with van der Waals surface area (Å²) in [6, 6.07) is 0. The van der Waals surface area contributed by atoms with Crippen molar-refractivity contribution in [2.24, 2.45) is 52.3 Å². The lowest BCUT2D eigenvalue weighted by Gasteiger charge is -2.64. The van der Waals surface area contributed by atoms with Gasteiger partial charge in [0.2, 0.25) is 0 Å². The van der Waals surface area contributed by atoms with Crippen LogP contribution in [0.25, 0.3) is 0 Å². The maximum atomic E-state index is 12.0. The van der Waals surface area contributed by atoms with Gasteiger partial charge in [0.25, 0.3) is 0 Å². The maximum absolute atomic E-state index is 12.0. The third-order valence-corrected chi connectivity index (χ3v) is 11.4. The molecule has 0 heterocycles. The van der Waals surface area contributed by atoms with Gasteiger partial charge in [0.15, 0.2) is 0 Å². The number of hydrogen-bond acceptors (Lipinski definition) is 5. The summed E-state index contributed by atoms with van der Waals surface area (Å²) < 4.78 is 5.78. The average molecular weight is 491 g/mol. The lowest BCUT2D eigenvalue weighted by molar-refractivity contribution is -0.225. The minimum absolute atomic E-state index is 0.0361. The highest BCUT2D eigenvalue weighted by Crippen LogP contribution is 2.68. The monoisotopic (exact) mass is 490 g/mol. The van der Waals surface area contributed by atoms with Gasteiger partial charge in [-0.15, -0.1) is 0 Å². The molecule has 5 nitrogen and oxygen atoms in total. The Morgan fingerprint density at radius 1 is 1.09 bits per heavy atom. The van der Waals surface area contributed by atoms with Gasteiger partial charge < -0.3 is 20.1 Å². The molecule has 200 valence electrons. The Hall–Kier alpha value is -0.910. The van der Waals surface area contributed by atoms with Crippen molar-refractivity contribution in [3.05, 3.63) is 12.2 Å². The minimum atomic E-state index is -0.585. The first-order valence-electron chi connectivity index (χ1n) is 14.3. The zero-order valence-electron chi connectivity index (χ0n) is 22.7. The van der Waals surface area contributed by atoms with Crippen molar-refractivity contribution in [2.75, 3.05) is 6.61 Å². The molecule has 0 bridgehead atoms. The van der Waals surface area contributed by atoms with Gasteiger partial charge in [-0.2, -0.15) is 0 Å². The molecule has 0 saturated heterocycles. The van der Waals surface area contributed by atoms with Crippen LogP contribution in [-0.2, 0) is 9.53 Å². The first kappa shape index (κ1) is 27.1. The van der Waals surface area contributed by atoms with E-state index in [0.717, 1.165) is 44.9 Å². The Labute approximate surface area is 212 Å². The summed E-state index contributed by atoms with van der Waals surface area (Å²) in [5.74, 6) is 2.13. The molecule has 0 aromatic carbocycles. The fourth-order valence-corrected chi connectivity index (χ4v) is 9.50. The number of rotatable bonds is 7. The summed E-state index contributed by atoms with van der Waals surface area (Å²) in [6.07, 6.45) is 6.56.